The molecule has 6 nitrogen and oxygen atoms in total. The van der Waals surface area contributed by atoms with Crippen LogP contribution in [0.2, 0.25) is 0 Å². The van der Waals surface area contributed by atoms with Crippen molar-refractivity contribution in [3.8, 4) is 0 Å². The van der Waals surface area contributed by atoms with E-state index in [2.05, 4.69) is 0 Å². The van der Waals surface area contributed by atoms with Crippen molar-refractivity contribution >= 4 is 23.5 Å². The minimum Gasteiger partial charge on any atom is -0.462 e. The van der Waals surface area contributed by atoms with Crippen LogP contribution in [0.1, 0.15) is 78.2 Å². The predicted octanol–water partition coefficient (Wildman–Crippen LogP) is 6.92. The SMILES string of the molecule is CCOC(=O)c1ccc(C2C(C(=O)c3ccccc3)C(c3ccc(C(=O)OCC)cc3)C2C(=O)c2ccccc2)cc1. The lowest BCUT2D eigenvalue weighted by Crippen LogP contribution is -2.51. The third-order valence-electron chi connectivity index (χ3n) is 7.88. The molecule has 4 aromatic carbocycles. The van der Waals surface area contributed by atoms with E-state index in [9.17, 15) is 19.2 Å². The van der Waals surface area contributed by atoms with E-state index in [0.29, 0.717) is 22.3 Å². The summed E-state index contributed by atoms with van der Waals surface area (Å²) < 4.78 is 10.3. The number of carbonyl (C=O) groups excluding carboxylic acids is 4. The van der Waals surface area contributed by atoms with E-state index in [1.807, 2.05) is 60.7 Å². The zero-order valence-corrected chi connectivity index (χ0v) is 23.6. The van der Waals surface area contributed by atoms with Crippen LogP contribution in [0.4, 0.5) is 0 Å². The number of hydrogen-bond acceptors (Lipinski definition) is 6. The molecule has 0 heterocycles. The third kappa shape index (κ3) is 5.66. The molecule has 5 rings (SSSR count). The second kappa shape index (κ2) is 12.8. The average molecular weight is 561 g/mol. The van der Waals surface area contributed by atoms with Gasteiger partial charge in [-0.1, -0.05) is 84.9 Å². The van der Waals surface area contributed by atoms with Crippen molar-refractivity contribution in [2.24, 2.45) is 11.8 Å². The summed E-state index contributed by atoms with van der Waals surface area (Å²) in [4.78, 5) is 52.9. The Balaban J connectivity index is 1.61. The molecule has 212 valence electrons. The van der Waals surface area contributed by atoms with Crippen LogP contribution in [0.3, 0.4) is 0 Å². The van der Waals surface area contributed by atoms with E-state index in [1.165, 1.54) is 0 Å². The maximum Gasteiger partial charge on any atom is 0.338 e. The minimum atomic E-state index is -0.549. The fourth-order valence-corrected chi connectivity index (χ4v) is 5.93. The number of benzene rings is 4. The van der Waals surface area contributed by atoms with E-state index < -0.39 is 35.6 Å². The van der Waals surface area contributed by atoms with Crippen LogP contribution in [-0.4, -0.2) is 36.7 Å². The highest BCUT2D eigenvalue weighted by molar-refractivity contribution is 6.05. The lowest BCUT2D eigenvalue weighted by atomic mass is 9.49. The maximum atomic E-state index is 14.2. The molecule has 0 spiro atoms. The summed E-state index contributed by atoms with van der Waals surface area (Å²) >= 11 is 0. The van der Waals surface area contributed by atoms with Crippen molar-refractivity contribution in [2.45, 2.75) is 25.7 Å². The summed E-state index contributed by atoms with van der Waals surface area (Å²) in [6, 6.07) is 32.2. The zero-order chi connectivity index (χ0) is 29.6. The van der Waals surface area contributed by atoms with E-state index in [1.54, 1.807) is 62.4 Å². The molecule has 0 unspecified atom stereocenters. The maximum absolute atomic E-state index is 14.2. The lowest BCUT2D eigenvalue weighted by Gasteiger charge is -2.51. The Hall–Kier alpha value is -4.84. The van der Waals surface area contributed by atoms with Gasteiger partial charge in [0.05, 0.1) is 24.3 Å². The molecule has 0 aromatic heterocycles. The molecule has 1 aliphatic carbocycles. The monoisotopic (exact) mass is 560 g/mol. The van der Waals surface area contributed by atoms with Gasteiger partial charge in [-0.3, -0.25) is 9.59 Å². The molecule has 42 heavy (non-hydrogen) atoms. The van der Waals surface area contributed by atoms with Crippen molar-refractivity contribution < 1.29 is 28.7 Å². The molecule has 1 aliphatic rings. The molecular formula is C36H32O6. The van der Waals surface area contributed by atoms with Gasteiger partial charge in [-0.05, 0) is 49.2 Å². The number of carbonyl (C=O) groups is 4. The second-order valence-corrected chi connectivity index (χ2v) is 10.2. The van der Waals surface area contributed by atoms with E-state index in [-0.39, 0.29) is 24.8 Å². The van der Waals surface area contributed by atoms with Crippen LogP contribution in [0, 0.1) is 11.8 Å². The van der Waals surface area contributed by atoms with Gasteiger partial charge >= 0.3 is 11.9 Å². The third-order valence-corrected chi connectivity index (χ3v) is 7.88. The van der Waals surface area contributed by atoms with Gasteiger partial charge in [-0.15, -0.1) is 0 Å². The Bertz CT molecular complexity index is 1430. The Morgan fingerprint density at radius 3 is 1.12 bits per heavy atom. The van der Waals surface area contributed by atoms with Crippen LogP contribution in [-0.2, 0) is 9.47 Å². The van der Waals surface area contributed by atoms with Crippen LogP contribution >= 0.6 is 0 Å². The van der Waals surface area contributed by atoms with E-state index >= 15 is 0 Å². The smallest absolute Gasteiger partial charge is 0.338 e. The highest BCUT2D eigenvalue weighted by Crippen LogP contribution is 2.59. The van der Waals surface area contributed by atoms with Crippen molar-refractivity contribution in [3.63, 3.8) is 0 Å². The van der Waals surface area contributed by atoms with Gasteiger partial charge < -0.3 is 9.47 Å². The molecule has 1 fully saturated rings. The summed E-state index contributed by atoms with van der Waals surface area (Å²) in [7, 11) is 0. The topological polar surface area (TPSA) is 86.7 Å². The molecule has 4 aromatic rings. The van der Waals surface area contributed by atoms with Gasteiger partial charge in [0, 0.05) is 34.8 Å². The minimum absolute atomic E-state index is 0.0633. The van der Waals surface area contributed by atoms with Crippen molar-refractivity contribution in [1.29, 1.82) is 0 Å². The summed E-state index contributed by atoms with van der Waals surface area (Å²) in [6.45, 7) is 4.03. The Morgan fingerprint density at radius 2 is 0.810 bits per heavy atom. The predicted molar refractivity (Wildman–Crippen MR) is 159 cm³/mol. The number of Topliss-reactive ketones (excluding diaryl/α,β-unsaturated/α-hetero) is 2. The number of rotatable bonds is 10. The zero-order valence-electron chi connectivity index (χ0n) is 23.6. The molecule has 6 heteroatoms. The highest BCUT2D eigenvalue weighted by Gasteiger charge is 2.57. The number of hydrogen-bond donors (Lipinski definition) is 0. The van der Waals surface area contributed by atoms with Crippen LogP contribution in [0.5, 0.6) is 0 Å². The average Bonchev–Trinajstić information content (AvgIpc) is 3.02. The molecular weight excluding hydrogens is 528 g/mol. The first kappa shape index (κ1) is 28.7. The summed E-state index contributed by atoms with van der Waals surface area (Å²) in [5.41, 5.74) is 3.53. The van der Waals surface area contributed by atoms with E-state index in [4.69, 9.17) is 9.47 Å². The summed E-state index contributed by atoms with van der Waals surface area (Å²) in [5.74, 6) is -2.94. The fraction of sp³-hybridized carbons (Fsp3) is 0.222. The second-order valence-electron chi connectivity index (χ2n) is 10.2. The number of esters is 2. The van der Waals surface area contributed by atoms with Crippen molar-refractivity contribution in [2.75, 3.05) is 13.2 Å². The summed E-state index contributed by atoms with van der Waals surface area (Å²) in [6.07, 6.45) is 0. The van der Waals surface area contributed by atoms with Crippen LogP contribution in [0.25, 0.3) is 0 Å². The molecule has 0 amide bonds. The van der Waals surface area contributed by atoms with Crippen molar-refractivity contribution in [1.82, 2.24) is 0 Å². The molecule has 0 bridgehead atoms. The van der Waals surface area contributed by atoms with E-state index in [0.717, 1.165) is 11.1 Å². The summed E-state index contributed by atoms with van der Waals surface area (Å²) in [5, 5.41) is 0. The van der Waals surface area contributed by atoms with Crippen molar-refractivity contribution in [3.05, 3.63) is 143 Å². The van der Waals surface area contributed by atoms with Gasteiger partial charge in [0.1, 0.15) is 0 Å². The quantitative estimate of drug-likeness (QED) is 0.155. The van der Waals surface area contributed by atoms with Gasteiger partial charge in [0.25, 0.3) is 0 Å². The van der Waals surface area contributed by atoms with Gasteiger partial charge in [0.2, 0.25) is 0 Å². The molecule has 0 saturated heterocycles. The largest absolute Gasteiger partial charge is 0.462 e. The van der Waals surface area contributed by atoms with Crippen LogP contribution < -0.4 is 0 Å². The first-order valence-electron chi connectivity index (χ1n) is 14.2. The molecule has 1 saturated carbocycles. The Kier molecular flexibility index (Phi) is 8.72. The fourth-order valence-electron chi connectivity index (χ4n) is 5.93. The normalized spacial score (nSPS) is 19.3. The lowest BCUT2D eigenvalue weighted by molar-refractivity contribution is 0.0480. The molecule has 0 radical (unpaired) electrons. The van der Waals surface area contributed by atoms with Gasteiger partial charge in [-0.25, -0.2) is 9.59 Å². The van der Waals surface area contributed by atoms with Gasteiger partial charge in [0.15, 0.2) is 11.6 Å². The number of ketones is 2. The van der Waals surface area contributed by atoms with Gasteiger partial charge in [-0.2, -0.15) is 0 Å². The molecule has 0 atom stereocenters. The first-order chi connectivity index (χ1) is 20.4. The number of ether oxygens (including phenoxy) is 2. The highest BCUT2D eigenvalue weighted by atomic mass is 16.5. The van der Waals surface area contributed by atoms with Crippen LogP contribution in [0.15, 0.2) is 109 Å². The standard InChI is InChI=1S/C36H32O6/c1-3-41-35(39)27-19-15-23(16-20-27)29-31(33(37)25-11-7-5-8-12-25)30(32(29)34(38)26-13-9-6-10-14-26)24-17-21-28(22-18-24)36(40)42-4-2/h5-22,29-32H,3-4H2,1-2H3. The Morgan fingerprint density at radius 1 is 0.476 bits per heavy atom. The first-order valence-corrected chi connectivity index (χ1v) is 14.2. The molecule has 0 aliphatic heterocycles. The Labute approximate surface area is 245 Å². The molecule has 0 N–H and O–H groups in total.